The Morgan fingerprint density at radius 2 is 1.82 bits per heavy atom. The summed E-state index contributed by atoms with van der Waals surface area (Å²) < 4.78 is 47.9. The SMILES string of the molecule is C=CC(=O)N1CC2CN(C)c3c(F)c(-c4c(O)ccc(F)c4F)nc4c3c(nc(=O)n4-c3c(C)ccnc3C(C)C)N2CC1C. The molecule has 0 spiro atoms. The number of hydrogen-bond donors (Lipinski definition) is 1. The molecule has 2 aliphatic heterocycles. The van der Waals surface area contributed by atoms with E-state index in [1.54, 1.807) is 36.0 Å². The van der Waals surface area contributed by atoms with Crippen molar-refractivity contribution in [3.05, 3.63) is 76.2 Å². The van der Waals surface area contributed by atoms with Crippen molar-refractivity contribution in [2.24, 2.45) is 0 Å². The van der Waals surface area contributed by atoms with Crippen molar-refractivity contribution in [3.8, 4) is 22.7 Å². The third-order valence-corrected chi connectivity index (χ3v) is 8.59. The number of phenols is 1. The highest BCUT2D eigenvalue weighted by Crippen LogP contribution is 2.44. The lowest BCUT2D eigenvalue weighted by Gasteiger charge is -2.45. The molecule has 13 heteroatoms. The summed E-state index contributed by atoms with van der Waals surface area (Å²) in [4.78, 5) is 45.5. The van der Waals surface area contributed by atoms with E-state index in [2.05, 4.69) is 21.5 Å². The molecule has 2 atom stereocenters. The molecular weight excluding hydrogens is 587 g/mol. The predicted molar refractivity (Wildman–Crippen MR) is 165 cm³/mol. The van der Waals surface area contributed by atoms with Crippen LogP contribution in [0.4, 0.5) is 24.7 Å². The second kappa shape index (κ2) is 10.9. The molecule has 1 fully saturated rings. The molecule has 0 bridgehead atoms. The van der Waals surface area contributed by atoms with Gasteiger partial charge in [-0.2, -0.15) is 4.98 Å². The van der Waals surface area contributed by atoms with Crippen LogP contribution >= 0.6 is 0 Å². The van der Waals surface area contributed by atoms with Crippen LogP contribution in [0.3, 0.4) is 0 Å². The predicted octanol–water partition coefficient (Wildman–Crippen LogP) is 4.44. The number of rotatable bonds is 4. The smallest absolute Gasteiger partial charge is 0.355 e. The Morgan fingerprint density at radius 1 is 1.09 bits per heavy atom. The first-order chi connectivity index (χ1) is 21.3. The molecular formula is C32H32F3N7O3. The van der Waals surface area contributed by atoms with E-state index in [0.29, 0.717) is 16.9 Å². The van der Waals surface area contributed by atoms with Gasteiger partial charge in [0.1, 0.15) is 17.3 Å². The van der Waals surface area contributed by atoms with Gasteiger partial charge in [0.25, 0.3) is 0 Å². The number of pyridine rings is 2. The van der Waals surface area contributed by atoms with Gasteiger partial charge in [0.15, 0.2) is 23.1 Å². The fourth-order valence-corrected chi connectivity index (χ4v) is 6.46. The molecule has 5 heterocycles. The number of aromatic hydroxyl groups is 1. The van der Waals surface area contributed by atoms with Crippen molar-refractivity contribution in [1.29, 1.82) is 0 Å². The number of piperazine rings is 1. The minimum atomic E-state index is -1.49. The van der Waals surface area contributed by atoms with Crippen LogP contribution in [0.25, 0.3) is 28.0 Å². The van der Waals surface area contributed by atoms with Gasteiger partial charge in [-0.1, -0.05) is 20.4 Å². The summed E-state index contributed by atoms with van der Waals surface area (Å²) in [7, 11) is 1.62. The fraction of sp³-hybridized carbons (Fsp3) is 0.344. The number of carbonyl (C=O) groups excluding carboxylic acids is 1. The summed E-state index contributed by atoms with van der Waals surface area (Å²) in [6.45, 7) is 11.7. The van der Waals surface area contributed by atoms with Gasteiger partial charge >= 0.3 is 5.69 Å². The average molecular weight is 620 g/mol. The fourth-order valence-electron chi connectivity index (χ4n) is 6.46. The summed E-state index contributed by atoms with van der Waals surface area (Å²) in [5, 5.41) is 10.8. The zero-order valence-corrected chi connectivity index (χ0v) is 25.5. The number of fused-ring (bicyclic) bond motifs is 2. The topological polar surface area (TPSA) is 108 Å². The molecule has 0 radical (unpaired) electrons. The molecule has 3 aromatic heterocycles. The van der Waals surface area contributed by atoms with E-state index < -0.39 is 46.2 Å². The zero-order valence-electron chi connectivity index (χ0n) is 25.5. The molecule has 4 aromatic rings. The maximum Gasteiger partial charge on any atom is 0.355 e. The summed E-state index contributed by atoms with van der Waals surface area (Å²) in [5.74, 6) is -4.81. The van der Waals surface area contributed by atoms with Gasteiger partial charge in [-0.15, -0.1) is 0 Å². The van der Waals surface area contributed by atoms with Gasteiger partial charge in [-0.05, 0) is 49.6 Å². The van der Waals surface area contributed by atoms with Crippen molar-refractivity contribution in [2.75, 3.05) is 36.5 Å². The van der Waals surface area contributed by atoms with Gasteiger partial charge in [-0.3, -0.25) is 9.78 Å². The molecule has 1 amide bonds. The Kier molecular flexibility index (Phi) is 7.29. The quantitative estimate of drug-likeness (QED) is 0.334. The first-order valence-corrected chi connectivity index (χ1v) is 14.6. The summed E-state index contributed by atoms with van der Waals surface area (Å²) in [6.07, 6.45) is 2.85. The Hall–Kier alpha value is -4.94. The second-order valence-corrected chi connectivity index (χ2v) is 11.9. The lowest BCUT2D eigenvalue weighted by molar-refractivity contribution is -0.128. The van der Waals surface area contributed by atoms with E-state index in [9.17, 15) is 19.1 Å². The minimum Gasteiger partial charge on any atom is -0.507 e. The summed E-state index contributed by atoms with van der Waals surface area (Å²) in [6, 6.07) is 2.63. The Morgan fingerprint density at radius 3 is 2.51 bits per heavy atom. The number of carbonyl (C=O) groups is 1. The third-order valence-electron chi connectivity index (χ3n) is 8.59. The van der Waals surface area contributed by atoms with Gasteiger partial charge in [0.2, 0.25) is 5.91 Å². The van der Waals surface area contributed by atoms with Gasteiger partial charge < -0.3 is 19.8 Å². The molecule has 2 aliphatic rings. The van der Waals surface area contributed by atoms with Crippen LogP contribution in [0.2, 0.25) is 0 Å². The lowest BCUT2D eigenvalue weighted by Crippen LogP contribution is -2.61. The Balaban J connectivity index is 1.76. The summed E-state index contributed by atoms with van der Waals surface area (Å²) >= 11 is 0. The molecule has 6 rings (SSSR count). The summed E-state index contributed by atoms with van der Waals surface area (Å²) in [5.41, 5.74) is -0.728. The van der Waals surface area contributed by atoms with Crippen LogP contribution < -0.4 is 15.5 Å². The van der Waals surface area contributed by atoms with Crippen molar-refractivity contribution in [2.45, 2.75) is 45.7 Å². The Bertz CT molecular complexity index is 1960. The number of nitrogens with zero attached hydrogens (tertiary/aromatic N) is 7. The maximum absolute atomic E-state index is 16.8. The number of phenolic OH excluding ortho intramolecular Hbond substituents is 1. The molecule has 0 saturated carbocycles. The van der Waals surface area contributed by atoms with E-state index in [4.69, 9.17) is 0 Å². The highest BCUT2D eigenvalue weighted by atomic mass is 19.2. The average Bonchev–Trinajstić information content (AvgIpc) is 3.11. The van der Waals surface area contributed by atoms with E-state index in [1.165, 1.54) is 10.6 Å². The lowest BCUT2D eigenvalue weighted by atomic mass is 10.0. The first-order valence-electron chi connectivity index (χ1n) is 14.6. The molecule has 10 nitrogen and oxygen atoms in total. The van der Waals surface area contributed by atoms with Crippen LogP contribution in [0, 0.1) is 24.4 Å². The number of amides is 1. The second-order valence-electron chi connectivity index (χ2n) is 11.9. The van der Waals surface area contributed by atoms with E-state index in [0.717, 1.165) is 12.1 Å². The van der Waals surface area contributed by atoms with Gasteiger partial charge in [0, 0.05) is 38.9 Å². The van der Waals surface area contributed by atoms with Gasteiger partial charge in [0.05, 0.1) is 34.1 Å². The van der Waals surface area contributed by atoms with Crippen LogP contribution in [-0.4, -0.2) is 74.2 Å². The number of halogens is 3. The number of likely N-dealkylation sites (N-methyl/N-ethyl adjacent to an activating group) is 1. The third kappa shape index (κ3) is 4.59. The van der Waals surface area contributed by atoms with Crippen LogP contribution in [0.15, 0.2) is 41.8 Å². The van der Waals surface area contributed by atoms with Crippen LogP contribution in [0.5, 0.6) is 5.75 Å². The van der Waals surface area contributed by atoms with Crippen molar-refractivity contribution < 1.29 is 23.1 Å². The van der Waals surface area contributed by atoms with E-state index in [-0.39, 0.29) is 60.0 Å². The van der Waals surface area contributed by atoms with E-state index in [1.807, 2.05) is 25.7 Å². The standard InChI is InChI=1S/C32H32F3N7O3/c1-7-21(44)40-14-18-13-39(6)29-23-30(41(18)12-17(40)5)38-32(45)42(28-16(4)10-11-36-26(28)15(2)3)31(23)37-27(25(29)35)22-20(43)9-8-19(33)24(22)34/h7-11,15,17-18,43H,1,12-14H2,2-6H3. The van der Waals surface area contributed by atoms with Crippen LogP contribution in [-0.2, 0) is 4.79 Å². The van der Waals surface area contributed by atoms with Gasteiger partial charge in [-0.25, -0.2) is 27.5 Å². The maximum atomic E-state index is 16.8. The normalized spacial score (nSPS) is 17.9. The molecule has 2 unspecified atom stereocenters. The molecule has 1 aromatic carbocycles. The highest BCUT2D eigenvalue weighted by Gasteiger charge is 2.41. The van der Waals surface area contributed by atoms with E-state index >= 15 is 8.78 Å². The zero-order chi connectivity index (χ0) is 32.5. The Labute approximate surface area is 257 Å². The monoisotopic (exact) mass is 619 g/mol. The number of aromatic nitrogens is 4. The number of benzene rings is 1. The number of aryl methyl sites for hydroxylation is 1. The molecule has 234 valence electrons. The first kappa shape index (κ1) is 30.1. The highest BCUT2D eigenvalue weighted by molar-refractivity contribution is 6.02. The van der Waals surface area contributed by atoms with Crippen molar-refractivity contribution >= 4 is 28.4 Å². The number of hydrogen-bond acceptors (Lipinski definition) is 8. The molecule has 45 heavy (non-hydrogen) atoms. The van der Waals surface area contributed by atoms with Crippen LogP contribution in [0.1, 0.15) is 37.9 Å². The molecule has 1 N–H and O–H groups in total. The largest absolute Gasteiger partial charge is 0.507 e. The van der Waals surface area contributed by atoms with Crippen molar-refractivity contribution in [1.82, 2.24) is 24.4 Å². The minimum absolute atomic E-state index is 0.0643. The molecule has 1 saturated heterocycles. The number of anilines is 2. The molecule has 0 aliphatic carbocycles. The van der Waals surface area contributed by atoms with Crippen molar-refractivity contribution in [3.63, 3.8) is 0 Å².